The fraction of sp³-hybridized carbons (Fsp3) is 0.143. The van der Waals surface area contributed by atoms with Crippen LogP contribution in [0.2, 0.25) is 10.0 Å². The highest BCUT2D eigenvalue weighted by Crippen LogP contribution is 2.25. The van der Waals surface area contributed by atoms with Crippen LogP contribution < -0.4 is 5.32 Å². The van der Waals surface area contributed by atoms with Crippen LogP contribution in [-0.4, -0.2) is 22.5 Å². The summed E-state index contributed by atoms with van der Waals surface area (Å²) in [6.07, 6.45) is 0.619. The van der Waals surface area contributed by atoms with Crippen molar-refractivity contribution >= 4 is 29.1 Å². The summed E-state index contributed by atoms with van der Waals surface area (Å²) in [5, 5.41) is 13.5. The number of carbonyl (C=O) groups excluding carboxylic acids is 1. The summed E-state index contributed by atoms with van der Waals surface area (Å²) in [6, 6.07) is 9.83. The second-order valence-corrected chi connectivity index (χ2v) is 4.95. The number of hydrogen-bond donors (Lipinski definition) is 2. The quantitative estimate of drug-likeness (QED) is 0.912. The van der Waals surface area contributed by atoms with Crippen molar-refractivity contribution in [3.8, 4) is 0 Å². The van der Waals surface area contributed by atoms with E-state index in [1.165, 1.54) is 6.20 Å². The molecule has 104 valence electrons. The molecule has 0 saturated carbocycles. The lowest BCUT2D eigenvalue weighted by molar-refractivity contribution is 0.0911. The van der Waals surface area contributed by atoms with E-state index < -0.39 is 6.10 Å². The number of halogens is 2. The Labute approximate surface area is 126 Å². The fourth-order valence-corrected chi connectivity index (χ4v) is 2.19. The van der Waals surface area contributed by atoms with Gasteiger partial charge in [0, 0.05) is 28.4 Å². The van der Waals surface area contributed by atoms with Gasteiger partial charge in [-0.05, 0) is 24.3 Å². The van der Waals surface area contributed by atoms with Gasteiger partial charge in [-0.3, -0.25) is 9.78 Å². The molecular weight excluding hydrogens is 299 g/mol. The number of aromatic nitrogens is 1. The number of nitrogens with zero attached hydrogens (tertiary/aromatic N) is 1. The number of benzene rings is 1. The summed E-state index contributed by atoms with van der Waals surface area (Å²) < 4.78 is 0. The molecule has 1 amide bonds. The van der Waals surface area contributed by atoms with Gasteiger partial charge in [0.25, 0.3) is 5.91 Å². The minimum atomic E-state index is -0.910. The zero-order valence-electron chi connectivity index (χ0n) is 10.4. The first-order valence-electron chi connectivity index (χ1n) is 5.90. The molecule has 1 unspecified atom stereocenters. The van der Waals surface area contributed by atoms with Crippen LogP contribution in [0.15, 0.2) is 42.6 Å². The van der Waals surface area contributed by atoms with E-state index in [-0.39, 0.29) is 12.5 Å². The minimum absolute atomic E-state index is 0.0385. The third kappa shape index (κ3) is 3.70. The summed E-state index contributed by atoms with van der Waals surface area (Å²) in [5.41, 5.74) is 0.805. The van der Waals surface area contributed by atoms with E-state index in [9.17, 15) is 9.90 Å². The Morgan fingerprint density at radius 3 is 2.75 bits per heavy atom. The molecule has 0 saturated heterocycles. The first-order chi connectivity index (χ1) is 9.58. The largest absolute Gasteiger partial charge is 0.387 e. The number of carbonyl (C=O) groups is 1. The molecule has 0 spiro atoms. The maximum Gasteiger partial charge on any atom is 0.269 e. The molecule has 1 heterocycles. The van der Waals surface area contributed by atoms with Crippen molar-refractivity contribution in [2.45, 2.75) is 6.10 Å². The van der Waals surface area contributed by atoms with Crippen molar-refractivity contribution in [1.29, 1.82) is 0 Å². The Morgan fingerprint density at radius 1 is 1.30 bits per heavy atom. The molecule has 20 heavy (non-hydrogen) atoms. The molecule has 1 aromatic heterocycles. The van der Waals surface area contributed by atoms with Gasteiger partial charge in [0.2, 0.25) is 0 Å². The average molecular weight is 311 g/mol. The van der Waals surface area contributed by atoms with Crippen molar-refractivity contribution in [3.63, 3.8) is 0 Å². The van der Waals surface area contributed by atoms with Gasteiger partial charge >= 0.3 is 0 Å². The Hall–Kier alpha value is -1.62. The SMILES string of the molecule is O=C(NCC(O)c1ccc(Cl)cc1Cl)c1ccccn1. The lowest BCUT2D eigenvalue weighted by Crippen LogP contribution is -2.29. The summed E-state index contributed by atoms with van der Waals surface area (Å²) in [6.45, 7) is 0.0385. The van der Waals surface area contributed by atoms with Crippen LogP contribution in [0.3, 0.4) is 0 Å². The highest BCUT2D eigenvalue weighted by molar-refractivity contribution is 6.35. The van der Waals surface area contributed by atoms with E-state index in [0.717, 1.165) is 0 Å². The van der Waals surface area contributed by atoms with Gasteiger partial charge in [-0.25, -0.2) is 0 Å². The van der Waals surface area contributed by atoms with Crippen LogP contribution in [0.4, 0.5) is 0 Å². The molecule has 0 aliphatic rings. The van der Waals surface area contributed by atoms with Gasteiger partial charge in [0.05, 0.1) is 6.10 Å². The molecule has 0 fully saturated rings. The number of hydrogen-bond acceptors (Lipinski definition) is 3. The molecule has 2 N–H and O–H groups in total. The standard InChI is InChI=1S/C14H12Cl2N2O2/c15-9-4-5-10(11(16)7-9)13(19)8-18-14(20)12-3-1-2-6-17-12/h1-7,13,19H,8H2,(H,18,20). The smallest absolute Gasteiger partial charge is 0.269 e. The first kappa shape index (κ1) is 14.8. The van der Waals surface area contributed by atoms with Gasteiger partial charge in [-0.15, -0.1) is 0 Å². The molecule has 0 aliphatic carbocycles. The van der Waals surface area contributed by atoms with Crippen LogP contribution in [0, 0.1) is 0 Å². The van der Waals surface area contributed by atoms with Gasteiger partial charge in [-0.2, -0.15) is 0 Å². The molecule has 0 radical (unpaired) electrons. The van der Waals surface area contributed by atoms with E-state index in [0.29, 0.717) is 21.3 Å². The van der Waals surface area contributed by atoms with Gasteiger partial charge < -0.3 is 10.4 Å². The number of nitrogens with one attached hydrogen (secondary N) is 1. The summed E-state index contributed by atoms with van der Waals surface area (Å²) in [4.78, 5) is 15.7. The lowest BCUT2D eigenvalue weighted by atomic mass is 10.1. The second-order valence-electron chi connectivity index (χ2n) is 4.11. The summed E-state index contributed by atoms with van der Waals surface area (Å²) in [5.74, 6) is -0.352. The van der Waals surface area contributed by atoms with Crippen molar-refractivity contribution in [3.05, 3.63) is 63.9 Å². The monoisotopic (exact) mass is 310 g/mol. The van der Waals surface area contributed by atoms with E-state index in [1.54, 1.807) is 36.4 Å². The average Bonchev–Trinajstić information content (AvgIpc) is 2.45. The predicted molar refractivity (Wildman–Crippen MR) is 78.0 cm³/mol. The normalized spacial score (nSPS) is 11.9. The minimum Gasteiger partial charge on any atom is -0.387 e. The van der Waals surface area contributed by atoms with Crippen molar-refractivity contribution in [1.82, 2.24) is 10.3 Å². The molecule has 4 nitrogen and oxygen atoms in total. The summed E-state index contributed by atoms with van der Waals surface area (Å²) in [7, 11) is 0. The predicted octanol–water partition coefficient (Wildman–Crippen LogP) is 2.85. The molecule has 0 aliphatic heterocycles. The highest BCUT2D eigenvalue weighted by Gasteiger charge is 2.14. The Morgan fingerprint density at radius 2 is 2.10 bits per heavy atom. The first-order valence-corrected chi connectivity index (χ1v) is 6.66. The molecular formula is C14H12Cl2N2O2. The molecule has 0 bridgehead atoms. The topological polar surface area (TPSA) is 62.2 Å². The second kappa shape index (κ2) is 6.70. The molecule has 2 aromatic rings. The molecule has 2 rings (SSSR count). The molecule has 1 atom stereocenters. The summed E-state index contributed by atoms with van der Waals surface area (Å²) >= 11 is 11.8. The van der Waals surface area contributed by atoms with E-state index >= 15 is 0 Å². The molecule has 6 heteroatoms. The zero-order valence-corrected chi connectivity index (χ0v) is 11.9. The number of pyridine rings is 1. The van der Waals surface area contributed by atoms with Crippen molar-refractivity contribution < 1.29 is 9.90 Å². The van der Waals surface area contributed by atoms with Gasteiger partial charge in [0.15, 0.2) is 0 Å². The third-order valence-electron chi connectivity index (χ3n) is 2.67. The third-order valence-corrected chi connectivity index (χ3v) is 3.24. The van der Waals surface area contributed by atoms with Crippen LogP contribution in [-0.2, 0) is 0 Å². The van der Waals surface area contributed by atoms with Crippen LogP contribution >= 0.6 is 23.2 Å². The van der Waals surface area contributed by atoms with Crippen molar-refractivity contribution in [2.75, 3.05) is 6.54 Å². The lowest BCUT2D eigenvalue weighted by Gasteiger charge is -2.13. The maximum absolute atomic E-state index is 11.8. The van der Waals surface area contributed by atoms with E-state index in [2.05, 4.69) is 10.3 Å². The number of aliphatic hydroxyl groups excluding tert-OH is 1. The van der Waals surface area contributed by atoms with E-state index in [4.69, 9.17) is 23.2 Å². The van der Waals surface area contributed by atoms with Gasteiger partial charge in [0.1, 0.15) is 5.69 Å². The van der Waals surface area contributed by atoms with E-state index in [1.807, 2.05) is 0 Å². The molecule has 1 aromatic carbocycles. The number of aliphatic hydroxyl groups is 1. The maximum atomic E-state index is 11.8. The Kier molecular flexibility index (Phi) is 4.95. The Bertz CT molecular complexity index is 605. The van der Waals surface area contributed by atoms with Gasteiger partial charge in [-0.1, -0.05) is 35.3 Å². The fourth-order valence-electron chi connectivity index (χ4n) is 1.66. The Balaban J connectivity index is 1.98. The van der Waals surface area contributed by atoms with Crippen molar-refractivity contribution in [2.24, 2.45) is 0 Å². The van der Waals surface area contributed by atoms with Crippen LogP contribution in [0.5, 0.6) is 0 Å². The van der Waals surface area contributed by atoms with Crippen LogP contribution in [0.1, 0.15) is 22.2 Å². The number of amides is 1. The number of rotatable bonds is 4. The highest BCUT2D eigenvalue weighted by atomic mass is 35.5. The zero-order chi connectivity index (χ0) is 14.5. The van der Waals surface area contributed by atoms with Crippen LogP contribution in [0.25, 0.3) is 0 Å².